The molecule has 0 aliphatic rings. The maximum atomic E-state index is 13.6. The molecule has 3 aromatic carbocycles. The Morgan fingerprint density at radius 1 is 0.972 bits per heavy atom. The van der Waals surface area contributed by atoms with Crippen molar-refractivity contribution in [1.82, 2.24) is 10.2 Å². The smallest absolute Gasteiger partial charge is 0.210 e. The van der Waals surface area contributed by atoms with Crippen LogP contribution in [0.2, 0.25) is 0 Å². The van der Waals surface area contributed by atoms with Gasteiger partial charge in [0.05, 0.1) is 12.6 Å². The maximum absolute atomic E-state index is 13.6. The van der Waals surface area contributed by atoms with Gasteiger partial charge in [0.2, 0.25) is 6.41 Å². The van der Waals surface area contributed by atoms with E-state index in [9.17, 15) is 9.18 Å². The van der Waals surface area contributed by atoms with Crippen molar-refractivity contribution in [2.45, 2.75) is 46.9 Å². The number of carbonyl (C=O) groups excluding carboxylic acids is 1. The van der Waals surface area contributed by atoms with Crippen molar-refractivity contribution in [3.8, 4) is 11.1 Å². The van der Waals surface area contributed by atoms with Crippen LogP contribution in [0.1, 0.15) is 50.5 Å². The van der Waals surface area contributed by atoms with Gasteiger partial charge in [0.1, 0.15) is 5.82 Å². The molecule has 0 aliphatic carbocycles. The summed E-state index contributed by atoms with van der Waals surface area (Å²) >= 11 is 0. The number of carbonyl (C=O) groups is 1. The summed E-state index contributed by atoms with van der Waals surface area (Å²) in [5, 5.41) is 10.9. The largest absolute Gasteiger partial charge is 0.397 e. The van der Waals surface area contributed by atoms with E-state index in [1.54, 1.807) is 31.1 Å². The van der Waals surface area contributed by atoms with Gasteiger partial charge in [-0.15, -0.1) is 0 Å². The predicted octanol–water partition coefficient (Wildman–Crippen LogP) is 5.97. The average molecular weight is 497 g/mol. The second-order valence-corrected chi connectivity index (χ2v) is 7.81. The highest BCUT2D eigenvalue weighted by Crippen LogP contribution is 2.23. The number of hydrogen-bond acceptors (Lipinski definition) is 4. The van der Waals surface area contributed by atoms with Gasteiger partial charge in [0.15, 0.2) is 0 Å². The minimum atomic E-state index is -0.389. The lowest BCUT2D eigenvalue weighted by Crippen LogP contribution is -2.28. The number of rotatable bonds is 11. The number of benzene rings is 3. The van der Waals surface area contributed by atoms with E-state index in [1.165, 1.54) is 23.3 Å². The first-order chi connectivity index (χ1) is 17.5. The molecule has 3 rings (SSSR count). The molecule has 0 aliphatic heterocycles. The fourth-order valence-electron chi connectivity index (χ4n) is 3.55. The highest BCUT2D eigenvalue weighted by Gasteiger charge is 2.16. The monoisotopic (exact) mass is 496 g/mol. The van der Waals surface area contributed by atoms with Gasteiger partial charge in [-0.05, 0) is 59.5 Å². The van der Waals surface area contributed by atoms with Crippen LogP contribution in [0, 0.1) is 5.82 Å². The van der Waals surface area contributed by atoms with Crippen molar-refractivity contribution < 1.29 is 19.0 Å². The number of nitrogens with one attached hydrogen (secondary N) is 1. The summed E-state index contributed by atoms with van der Waals surface area (Å²) in [7, 11) is 1.57. The van der Waals surface area contributed by atoms with Crippen molar-refractivity contribution in [3.63, 3.8) is 0 Å². The van der Waals surface area contributed by atoms with E-state index in [1.807, 2.05) is 26.0 Å². The minimum absolute atomic E-state index is 0.250. The van der Waals surface area contributed by atoms with E-state index >= 15 is 0 Å². The van der Waals surface area contributed by atoms with Crippen LogP contribution in [-0.2, 0) is 22.6 Å². The van der Waals surface area contributed by atoms with Crippen LogP contribution in [0.4, 0.5) is 4.39 Å². The zero-order chi connectivity index (χ0) is 26.8. The normalized spacial score (nSPS) is 10.9. The zero-order valence-electron chi connectivity index (χ0n) is 22.2. The molecule has 0 saturated carbocycles. The zero-order valence-corrected chi connectivity index (χ0v) is 22.2. The van der Waals surface area contributed by atoms with Gasteiger partial charge in [0, 0.05) is 26.8 Å². The lowest BCUT2D eigenvalue weighted by Gasteiger charge is -2.24. The molecule has 0 radical (unpaired) electrons. The Kier molecular flexibility index (Phi) is 15.7. The first kappa shape index (κ1) is 31.0. The average Bonchev–Trinajstić information content (AvgIpc) is 2.92. The van der Waals surface area contributed by atoms with E-state index in [-0.39, 0.29) is 18.5 Å². The first-order valence-corrected chi connectivity index (χ1v) is 12.5. The van der Waals surface area contributed by atoms with Crippen molar-refractivity contribution >= 4 is 6.41 Å². The summed E-state index contributed by atoms with van der Waals surface area (Å²) in [4.78, 5) is 13.3. The van der Waals surface area contributed by atoms with E-state index in [0.717, 1.165) is 30.6 Å². The molecule has 1 atom stereocenters. The topological polar surface area (TPSA) is 61.8 Å². The van der Waals surface area contributed by atoms with Crippen LogP contribution in [0.25, 0.3) is 11.1 Å². The molecule has 0 fully saturated rings. The predicted molar refractivity (Wildman–Crippen MR) is 146 cm³/mol. The van der Waals surface area contributed by atoms with Gasteiger partial charge < -0.3 is 20.1 Å². The van der Waals surface area contributed by atoms with Gasteiger partial charge in [0.25, 0.3) is 0 Å². The molecule has 1 unspecified atom stereocenters. The minimum Gasteiger partial charge on any atom is -0.397 e. The molecule has 5 nitrogen and oxygen atoms in total. The number of aliphatic hydroxyl groups is 1. The number of ether oxygens (including phenoxy) is 1. The highest BCUT2D eigenvalue weighted by molar-refractivity contribution is 5.64. The summed E-state index contributed by atoms with van der Waals surface area (Å²) in [6, 6.07) is 23.0. The summed E-state index contributed by atoms with van der Waals surface area (Å²) in [6.07, 6.45) is 0.420. The number of hydrogen-bond donors (Lipinski definition) is 2. The van der Waals surface area contributed by atoms with E-state index in [4.69, 9.17) is 9.84 Å². The molecule has 0 heterocycles. The summed E-state index contributed by atoms with van der Waals surface area (Å²) in [5.41, 5.74) is 5.28. The van der Waals surface area contributed by atoms with Gasteiger partial charge in [-0.2, -0.15) is 0 Å². The van der Waals surface area contributed by atoms with Crippen LogP contribution in [0.5, 0.6) is 0 Å². The van der Waals surface area contributed by atoms with Gasteiger partial charge in [-0.1, -0.05) is 75.4 Å². The van der Waals surface area contributed by atoms with Crippen molar-refractivity contribution in [2.75, 3.05) is 26.8 Å². The van der Waals surface area contributed by atoms with Gasteiger partial charge in [-0.3, -0.25) is 4.79 Å². The van der Waals surface area contributed by atoms with Crippen molar-refractivity contribution in [2.24, 2.45) is 0 Å². The standard InChI is InChI=1S/C26H29FN2O2.C2H6O.C2H6/c1-3-28-16-21-6-4-7-23(14-21)22-12-10-20(11-13-22)17-29(19-30)18-26(31-2)24-8-5-9-25(27)15-24;1-2-3;1-2/h4-15,19,26,28H,3,16-18H2,1-2H3;3H,2H2,1H3;1-2H3. The van der Waals surface area contributed by atoms with Gasteiger partial charge >= 0.3 is 0 Å². The lowest BCUT2D eigenvalue weighted by molar-refractivity contribution is -0.120. The number of amides is 1. The molecule has 6 heteroatoms. The number of methoxy groups -OCH3 is 1. The van der Waals surface area contributed by atoms with E-state index in [2.05, 4.69) is 48.6 Å². The number of aliphatic hydroxyl groups excluding tert-OH is 1. The van der Waals surface area contributed by atoms with Crippen LogP contribution in [0.15, 0.2) is 72.8 Å². The Labute approximate surface area is 215 Å². The molecule has 0 spiro atoms. The summed E-state index contributed by atoms with van der Waals surface area (Å²) in [5.74, 6) is -0.317. The third-order valence-electron chi connectivity index (χ3n) is 5.23. The Hall–Kier alpha value is -3.06. The third kappa shape index (κ3) is 10.7. The molecular weight excluding hydrogens is 455 g/mol. The second kappa shape index (κ2) is 18.2. The molecular formula is C30H41FN2O3. The molecule has 2 N–H and O–H groups in total. The fraction of sp³-hybridized carbons (Fsp3) is 0.367. The van der Waals surface area contributed by atoms with E-state index in [0.29, 0.717) is 18.7 Å². The molecule has 1 amide bonds. The third-order valence-corrected chi connectivity index (χ3v) is 5.23. The summed E-state index contributed by atoms with van der Waals surface area (Å²) in [6.45, 7) is 10.6. The molecule has 0 bridgehead atoms. The molecule has 196 valence electrons. The molecule has 0 aromatic heterocycles. The Balaban J connectivity index is 0.00000120. The first-order valence-electron chi connectivity index (χ1n) is 12.5. The molecule has 0 saturated heterocycles. The lowest BCUT2D eigenvalue weighted by atomic mass is 10.0. The molecule has 3 aromatic rings. The Morgan fingerprint density at radius 3 is 2.22 bits per heavy atom. The van der Waals surface area contributed by atoms with Gasteiger partial charge in [-0.25, -0.2) is 4.39 Å². The van der Waals surface area contributed by atoms with Crippen LogP contribution in [-0.4, -0.2) is 43.2 Å². The van der Waals surface area contributed by atoms with Crippen LogP contribution in [0.3, 0.4) is 0 Å². The quantitative estimate of drug-likeness (QED) is 0.321. The Morgan fingerprint density at radius 2 is 1.64 bits per heavy atom. The Bertz CT molecular complexity index is 995. The van der Waals surface area contributed by atoms with Crippen LogP contribution < -0.4 is 5.32 Å². The number of nitrogens with zero attached hydrogens (tertiary/aromatic N) is 1. The number of halogens is 1. The van der Waals surface area contributed by atoms with E-state index < -0.39 is 0 Å². The second-order valence-electron chi connectivity index (χ2n) is 7.81. The summed E-state index contributed by atoms with van der Waals surface area (Å²) < 4.78 is 19.1. The maximum Gasteiger partial charge on any atom is 0.210 e. The van der Waals surface area contributed by atoms with Crippen molar-refractivity contribution in [1.29, 1.82) is 0 Å². The van der Waals surface area contributed by atoms with Crippen LogP contribution >= 0.6 is 0 Å². The SMILES string of the molecule is CC.CCNCc1cccc(-c2ccc(CN(C=O)CC(OC)c3cccc(F)c3)cc2)c1.CCO. The van der Waals surface area contributed by atoms with Crippen molar-refractivity contribution in [3.05, 3.63) is 95.3 Å². The molecule has 36 heavy (non-hydrogen) atoms. The fourth-order valence-corrected chi connectivity index (χ4v) is 3.55. The highest BCUT2D eigenvalue weighted by atomic mass is 19.1.